The quantitative estimate of drug-likeness (QED) is 0.921. The molecular formula is C19H25N3O2. The highest BCUT2D eigenvalue weighted by Gasteiger charge is 2.39. The predicted molar refractivity (Wildman–Crippen MR) is 95.0 cm³/mol. The van der Waals surface area contributed by atoms with Crippen molar-refractivity contribution in [2.24, 2.45) is 12.5 Å². The van der Waals surface area contributed by atoms with Crippen LogP contribution in [0.3, 0.4) is 0 Å². The smallest absolute Gasteiger partial charge is 0.270 e. The first kappa shape index (κ1) is 16.6. The molecule has 2 aromatic rings. The summed E-state index contributed by atoms with van der Waals surface area (Å²) in [4.78, 5) is 27.1. The van der Waals surface area contributed by atoms with Crippen LogP contribution in [0.5, 0.6) is 0 Å². The van der Waals surface area contributed by atoms with Crippen molar-refractivity contribution in [3.05, 3.63) is 35.5 Å². The highest BCUT2D eigenvalue weighted by Crippen LogP contribution is 2.31. The molecule has 5 heteroatoms. The Kier molecular flexibility index (Phi) is 4.11. The molecule has 128 valence electrons. The van der Waals surface area contributed by atoms with E-state index < -0.39 is 5.41 Å². The summed E-state index contributed by atoms with van der Waals surface area (Å²) in [6, 6.07) is 8.15. The van der Waals surface area contributed by atoms with Crippen molar-refractivity contribution in [2.75, 3.05) is 20.1 Å². The van der Waals surface area contributed by atoms with E-state index in [1.807, 2.05) is 42.5 Å². The number of carbonyl (C=O) groups is 2. The number of hydrogen-bond acceptors (Lipinski definition) is 2. The van der Waals surface area contributed by atoms with Gasteiger partial charge in [0.05, 0.1) is 5.41 Å². The van der Waals surface area contributed by atoms with Gasteiger partial charge in [-0.3, -0.25) is 9.59 Å². The molecule has 1 aliphatic rings. The zero-order valence-electron chi connectivity index (χ0n) is 14.8. The van der Waals surface area contributed by atoms with Crippen LogP contribution in [0.1, 0.15) is 35.8 Å². The SMILES string of the molecule is CNC(=O)C1(C)CCCN(C(=O)c2cc3cc(C)ccc3n2C)C1. The Hall–Kier alpha value is -2.30. The van der Waals surface area contributed by atoms with Gasteiger partial charge < -0.3 is 14.8 Å². The van der Waals surface area contributed by atoms with Gasteiger partial charge in [0.2, 0.25) is 5.91 Å². The lowest BCUT2D eigenvalue weighted by Gasteiger charge is -2.39. The van der Waals surface area contributed by atoms with Crippen molar-refractivity contribution in [1.82, 2.24) is 14.8 Å². The van der Waals surface area contributed by atoms with Gasteiger partial charge in [-0.1, -0.05) is 11.6 Å². The number of likely N-dealkylation sites (tertiary alicyclic amines) is 1. The third-order valence-electron chi connectivity index (χ3n) is 5.18. The van der Waals surface area contributed by atoms with Gasteiger partial charge in [-0.15, -0.1) is 0 Å². The summed E-state index contributed by atoms with van der Waals surface area (Å²) in [5.41, 5.74) is 2.40. The van der Waals surface area contributed by atoms with Crippen LogP contribution < -0.4 is 5.32 Å². The lowest BCUT2D eigenvalue weighted by atomic mass is 9.81. The summed E-state index contributed by atoms with van der Waals surface area (Å²) in [6.45, 7) is 5.15. The molecule has 0 aliphatic carbocycles. The molecule has 1 unspecified atom stereocenters. The Bertz CT molecular complexity index is 808. The monoisotopic (exact) mass is 327 g/mol. The van der Waals surface area contributed by atoms with E-state index in [1.54, 1.807) is 7.05 Å². The standard InChI is InChI=1S/C19H25N3O2/c1-13-6-7-15-14(10-13)11-16(21(15)4)17(23)22-9-5-8-19(2,12-22)18(24)20-3/h6-7,10-11H,5,8-9,12H2,1-4H3,(H,20,24). The maximum atomic E-state index is 13.0. The van der Waals surface area contributed by atoms with Gasteiger partial charge in [0.15, 0.2) is 0 Å². The zero-order valence-corrected chi connectivity index (χ0v) is 14.8. The van der Waals surface area contributed by atoms with Crippen molar-refractivity contribution in [1.29, 1.82) is 0 Å². The second-order valence-corrected chi connectivity index (χ2v) is 7.12. The van der Waals surface area contributed by atoms with E-state index in [0.29, 0.717) is 18.8 Å². The molecule has 0 saturated carbocycles. The number of rotatable bonds is 2. The maximum Gasteiger partial charge on any atom is 0.270 e. The van der Waals surface area contributed by atoms with Crippen molar-refractivity contribution in [3.8, 4) is 0 Å². The number of carbonyl (C=O) groups excluding carboxylic acids is 2. The van der Waals surface area contributed by atoms with Crippen LogP contribution in [-0.4, -0.2) is 41.4 Å². The van der Waals surface area contributed by atoms with E-state index in [4.69, 9.17) is 0 Å². The Morgan fingerprint density at radius 1 is 1.25 bits per heavy atom. The van der Waals surface area contributed by atoms with Gasteiger partial charge in [0.25, 0.3) is 5.91 Å². The van der Waals surface area contributed by atoms with E-state index in [9.17, 15) is 9.59 Å². The summed E-state index contributed by atoms with van der Waals surface area (Å²) in [5.74, 6) is 0.00819. The molecule has 1 aromatic heterocycles. The fourth-order valence-electron chi connectivity index (χ4n) is 3.74. The Labute approximate surface area is 142 Å². The number of piperidine rings is 1. The normalized spacial score (nSPS) is 21.1. The fraction of sp³-hybridized carbons (Fsp3) is 0.474. The van der Waals surface area contributed by atoms with E-state index in [2.05, 4.69) is 17.4 Å². The average Bonchev–Trinajstić information content (AvgIpc) is 2.89. The number of aromatic nitrogens is 1. The second kappa shape index (κ2) is 5.96. The zero-order chi connectivity index (χ0) is 17.5. The minimum atomic E-state index is -0.510. The van der Waals surface area contributed by atoms with Gasteiger partial charge in [0, 0.05) is 38.1 Å². The summed E-state index contributed by atoms with van der Waals surface area (Å²) >= 11 is 0. The molecular weight excluding hydrogens is 302 g/mol. The molecule has 2 heterocycles. The molecule has 1 aromatic carbocycles. The van der Waals surface area contributed by atoms with Gasteiger partial charge in [-0.2, -0.15) is 0 Å². The second-order valence-electron chi connectivity index (χ2n) is 7.12. The third-order valence-corrected chi connectivity index (χ3v) is 5.18. The molecule has 1 aliphatic heterocycles. The van der Waals surface area contributed by atoms with E-state index in [0.717, 1.165) is 23.7 Å². The molecule has 2 amide bonds. The van der Waals surface area contributed by atoms with Crippen molar-refractivity contribution < 1.29 is 9.59 Å². The molecule has 0 spiro atoms. The number of hydrogen-bond donors (Lipinski definition) is 1. The van der Waals surface area contributed by atoms with Gasteiger partial charge in [-0.25, -0.2) is 0 Å². The molecule has 3 rings (SSSR count). The first-order chi connectivity index (χ1) is 11.4. The van der Waals surface area contributed by atoms with Crippen molar-refractivity contribution >= 4 is 22.7 Å². The first-order valence-electron chi connectivity index (χ1n) is 8.43. The van der Waals surface area contributed by atoms with Crippen LogP contribution in [0.2, 0.25) is 0 Å². The number of nitrogens with zero attached hydrogens (tertiary/aromatic N) is 2. The molecule has 1 atom stereocenters. The number of amides is 2. The number of fused-ring (bicyclic) bond motifs is 1. The van der Waals surface area contributed by atoms with Crippen LogP contribution in [-0.2, 0) is 11.8 Å². The first-order valence-corrected chi connectivity index (χ1v) is 8.43. The number of benzene rings is 1. The Morgan fingerprint density at radius 3 is 2.71 bits per heavy atom. The lowest BCUT2D eigenvalue weighted by molar-refractivity contribution is -0.132. The molecule has 24 heavy (non-hydrogen) atoms. The maximum absolute atomic E-state index is 13.0. The van der Waals surface area contributed by atoms with Crippen molar-refractivity contribution in [2.45, 2.75) is 26.7 Å². The topological polar surface area (TPSA) is 54.3 Å². The predicted octanol–water partition coefficient (Wildman–Crippen LogP) is 2.48. The minimum absolute atomic E-state index is 0.00109. The van der Waals surface area contributed by atoms with E-state index >= 15 is 0 Å². The van der Waals surface area contributed by atoms with Crippen LogP contribution in [0.4, 0.5) is 0 Å². The fourth-order valence-corrected chi connectivity index (χ4v) is 3.74. The molecule has 1 N–H and O–H groups in total. The van der Waals surface area contributed by atoms with Crippen LogP contribution in [0.15, 0.2) is 24.3 Å². The minimum Gasteiger partial charge on any atom is -0.359 e. The third kappa shape index (κ3) is 2.68. The average molecular weight is 327 g/mol. The molecule has 0 bridgehead atoms. The van der Waals surface area contributed by atoms with E-state index in [1.165, 1.54) is 5.56 Å². The number of aryl methyl sites for hydroxylation is 2. The summed E-state index contributed by atoms with van der Waals surface area (Å²) < 4.78 is 1.95. The highest BCUT2D eigenvalue weighted by atomic mass is 16.2. The van der Waals surface area contributed by atoms with Crippen molar-refractivity contribution in [3.63, 3.8) is 0 Å². The summed E-state index contributed by atoms with van der Waals surface area (Å²) in [6.07, 6.45) is 1.66. The van der Waals surface area contributed by atoms with E-state index in [-0.39, 0.29) is 11.8 Å². The number of nitrogens with one attached hydrogen (secondary N) is 1. The van der Waals surface area contributed by atoms with Gasteiger partial charge >= 0.3 is 0 Å². The molecule has 5 nitrogen and oxygen atoms in total. The highest BCUT2D eigenvalue weighted by molar-refractivity contribution is 5.99. The lowest BCUT2D eigenvalue weighted by Crippen LogP contribution is -2.51. The van der Waals surface area contributed by atoms with Crippen LogP contribution >= 0.6 is 0 Å². The summed E-state index contributed by atoms with van der Waals surface area (Å²) in [7, 11) is 3.58. The Balaban J connectivity index is 1.91. The molecule has 0 radical (unpaired) electrons. The molecule has 1 saturated heterocycles. The molecule has 1 fully saturated rings. The van der Waals surface area contributed by atoms with Crippen LogP contribution in [0, 0.1) is 12.3 Å². The van der Waals surface area contributed by atoms with Gasteiger partial charge in [0.1, 0.15) is 5.69 Å². The van der Waals surface area contributed by atoms with Crippen LogP contribution in [0.25, 0.3) is 10.9 Å². The Morgan fingerprint density at radius 2 is 2.00 bits per heavy atom. The summed E-state index contributed by atoms with van der Waals surface area (Å²) in [5, 5.41) is 3.81. The largest absolute Gasteiger partial charge is 0.359 e. The van der Waals surface area contributed by atoms with Gasteiger partial charge in [-0.05, 0) is 44.9 Å².